The number of ether oxygens (including phenoxy) is 4. The Balaban J connectivity index is 2.48. The van der Waals surface area contributed by atoms with Crippen molar-refractivity contribution in [3.63, 3.8) is 0 Å². The summed E-state index contributed by atoms with van der Waals surface area (Å²) in [7, 11) is 1.22. The van der Waals surface area contributed by atoms with Crippen LogP contribution in [0.15, 0.2) is 24.3 Å². The first kappa shape index (κ1) is 25.6. The van der Waals surface area contributed by atoms with E-state index in [1.165, 1.54) is 12.0 Å². The lowest BCUT2D eigenvalue weighted by molar-refractivity contribution is -0.149. The van der Waals surface area contributed by atoms with Gasteiger partial charge in [-0.1, -0.05) is 12.1 Å². The highest BCUT2D eigenvalue weighted by atomic mass is 19.3. The quantitative estimate of drug-likeness (QED) is 0.451. The first-order valence-corrected chi connectivity index (χ1v) is 9.51. The molecule has 8 nitrogen and oxygen atoms in total. The molecule has 1 N–H and O–H groups in total. The predicted molar refractivity (Wildman–Crippen MR) is 104 cm³/mol. The third-order valence-electron chi connectivity index (χ3n) is 3.91. The van der Waals surface area contributed by atoms with Crippen LogP contribution in [0.2, 0.25) is 0 Å². The van der Waals surface area contributed by atoms with Gasteiger partial charge in [-0.2, -0.15) is 0 Å². The molecule has 1 unspecified atom stereocenters. The molecule has 0 heterocycles. The van der Waals surface area contributed by atoms with Crippen LogP contribution in [0.3, 0.4) is 0 Å². The van der Waals surface area contributed by atoms with Gasteiger partial charge in [0.1, 0.15) is 19.0 Å². The standard InChI is InChI=1S/C20H29F2NO7/c1-4-29-17(18(24)25)13-15-5-7-16(8-6-15)30-12-10-23(19(26)27-3)9-11-28-14-20(2,21)22/h5-8,17H,4,9-14H2,1-3H3,(H,24,25). The van der Waals surface area contributed by atoms with Crippen molar-refractivity contribution in [2.45, 2.75) is 32.3 Å². The fourth-order valence-corrected chi connectivity index (χ4v) is 2.48. The van der Waals surface area contributed by atoms with Crippen LogP contribution in [0.5, 0.6) is 5.75 Å². The van der Waals surface area contributed by atoms with Crippen molar-refractivity contribution in [3.8, 4) is 5.75 Å². The third kappa shape index (κ3) is 10.4. The number of alkyl halides is 2. The summed E-state index contributed by atoms with van der Waals surface area (Å²) in [6, 6.07) is 6.85. The van der Waals surface area contributed by atoms with Crippen molar-refractivity contribution < 1.29 is 42.4 Å². The Labute approximate surface area is 174 Å². The molecule has 30 heavy (non-hydrogen) atoms. The van der Waals surface area contributed by atoms with Gasteiger partial charge in [-0.05, 0) is 24.6 Å². The third-order valence-corrected chi connectivity index (χ3v) is 3.91. The van der Waals surface area contributed by atoms with Crippen LogP contribution in [0.25, 0.3) is 0 Å². The number of carbonyl (C=O) groups is 2. The minimum atomic E-state index is -2.93. The van der Waals surface area contributed by atoms with Gasteiger partial charge in [-0.3, -0.25) is 0 Å². The molecule has 0 aliphatic heterocycles. The monoisotopic (exact) mass is 433 g/mol. The van der Waals surface area contributed by atoms with Crippen LogP contribution in [0, 0.1) is 0 Å². The van der Waals surface area contributed by atoms with Gasteiger partial charge in [-0.15, -0.1) is 0 Å². The van der Waals surface area contributed by atoms with E-state index in [1.807, 2.05) is 0 Å². The van der Waals surface area contributed by atoms with E-state index in [4.69, 9.17) is 19.3 Å². The Kier molecular flexibility index (Phi) is 11.1. The molecule has 170 valence electrons. The van der Waals surface area contributed by atoms with Gasteiger partial charge in [0, 0.05) is 26.5 Å². The molecule has 1 aromatic carbocycles. The SMILES string of the molecule is CCOC(Cc1ccc(OCCN(CCOCC(C)(F)F)C(=O)OC)cc1)C(=O)O. The second-order valence-corrected chi connectivity index (χ2v) is 6.56. The van der Waals surface area contributed by atoms with Gasteiger partial charge in [-0.25, -0.2) is 18.4 Å². The second kappa shape index (κ2) is 13.0. The highest BCUT2D eigenvalue weighted by Gasteiger charge is 2.22. The largest absolute Gasteiger partial charge is 0.492 e. The average molecular weight is 433 g/mol. The number of nitrogens with zero attached hydrogens (tertiary/aromatic N) is 1. The minimum absolute atomic E-state index is 0.0577. The molecule has 1 amide bonds. The molecule has 1 aromatic rings. The maximum Gasteiger partial charge on any atom is 0.409 e. The molecule has 0 aliphatic carbocycles. The van der Waals surface area contributed by atoms with E-state index in [-0.39, 0.29) is 32.7 Å². The molecule has 10 heteroatoms. The molecule has 0 radical (unpaired) electrons. The Morgan fingerprint density at radius 3 is 2.33 bits per heavy atom. The first-order chi connectivity index (χ1) is 14.2. The summed E-state index contributed by atoms with van der Waals surface area (Å²) in [5.74, 6) is -3.42. The van der Waals surface area contributed by atoms with Crippen molar-refractivity contribution in [2.24, 2.45) is 0 Å². The second-order valence-electron chi connectivity index (χ2n) is 6.56. The van der Waals surface area contributed by atoms with Gasteiger partial charge in [0.2, 0.25) is 0 Å². The zero-order chi connectivity index (χ0) is 22.6. The van der Waals surface area contributed by atoms with E-state index < -0.39 is 30.7 Å². The number of amides is 1. The fourth-order valence-electron chi connectivity index (χ4n) is 2.48. The van der Waals surface area contributed by atoms with E-state index in [1.54, 1.807) is 31.2 Å². The normalized spacial score (nSPS) is 12.3. The van der Waals surface area contributed by atoms with Crippen LogP contribution in [0.1, 0.15) is 19.4 Å². The zero-order valence-corrected chi connectivity index (χ0v) is 17.4. The summed E-state index contributed by atoms with van der Waals surface area (Å²) in [5, 5.41) is 9.13. The topological polar surface area (TPSA) is 94.5 Å². The Hall–Kier alpha value is -2.46. The number of hydrogen-bond donors (Lipinski definition) is 1. The molecule has 0 saturated carbocycles. The summed E-state index contributed by atoms with van der Waals surface area (Å²) in [6.07, 6.45) is -1.29. The highest BCUT2D eigenvalue weighted by Crippen LogP contribution is 2.15. The summed E-state index contributed by atoms with van der Waals surface area (Å²) < 4.78 is 45.8. The Bertz CT molecular complexity index is 650. The van der Waals surface area contributed by atoms with Gasteiger partial charge in [0.15, 0.2) is 6.10 Å². The van der Waals surface area contributed by atoms with Crippen molar-refractivity contribution in [1.29, 1.82) is 0 Å². The molecule has 0 fully saturated rings. The minimum Gasteiger partial charge on any atom is -0.492 e. The highest BCUT2D eigenvalue weighted by molar-refractivity contribution is 5.72. The van der Waals surface area contributed by atoms with Crippen molar-refractivity contribution in [1.82, 2.24) is 4.90 Å². The molecule has 1 atom stereocenters. The maximum absolute atomic E-state index is 12.8. The molecule has 0 spiro atoms. The smallest absolute Gasteiger partial charge is 0.409 e. The number of halogens is 2. The van der Waals surface area contributed by atoms with E-state index >= 15 is 0 Å². The average Bonchev–Trinajstić information content (AvgIpc) is 2.69. The van der Waals surface area contributed by atoms with Crippen molar-refractivity contribution in [2.75, 3.05) is 46.6 Å². The number of aliphatic carboxylic acids is 1. The maximum atomic E-state index is 12.8. The molecular weight excluding hydrogens is 404 g/mol. The Morgan fingerprint density at radius 2 is 1.80 bits per heavy atom. The zero-order valence-electron chi connectivity index (χ0n) is 17.4. The molecule has 0 saturated heterocycles. The first-order valence-electron chi connectivity index (χ1n) is 9.51. The van der Waals surface area contributed by atoms with E-state index in [2.05, 4.69) is 4.74 Å². The molecule has 1 rings (SSSR count). The van der Waals surface area contributed by atoms with Gasteiger partial charge < -0.3 is 29.0 Å². The van der Waals surface area contributed by atoms with Crippen LogP contribution in [0.4, 0.5) is 13.6 Å². The van der Waals surface area contributed by atoms with E-state index in [0.29, 0.717) is 12.4 Å². The van der Waals surface area contributed by atoms with Gasteiger partial charge in [0.25, 0.3) is 5.92 Å². The lowest BCUT2D eigenvalue weighted by Gasteiger charge is -2.21. The van der Waals surface area contributed by atoms with Crippen LogP contribution in [-0.4, -0.2) is 80.7 Å². The fraction of sp³-hybridized carbons (Fsp3) is 0.600. The molecule has 0 aromatic heterocycles. The predicted octanol–water partition coefficient (Wildman–Crippen LogP) is 2.84. The number of rotatable bonds is 14. The number of carboxylic acids is 1. The van der Waals surface area contributed by atoms with Crippen LogP contribution in [-0.2, 0) is 25.4 Å². The molecule has 0 bridgehead atoms. The molecule has 0 aliphatic rings. The number of carbonyl (C=O) groups excluding carboxylic acids is 1. The van der Waals surface area contributed by atoms with Gasteiger partial charge in [0.05, 0.1) is 20.3 Å². The summed E-state index contributed by atoms with van der Waals surface area (Å²) >= 11 is 0. The van der Waals surface area contributed by atoms with Crippen LogP contribution < -0.4 is 4.74 Å². The van der Waals surface area contributed by atoms with Crippen molar-refractivity contribution >= 4 is 12.1 Å². The summed E-state index contributed by atoms with van der Waals surface area (Å²) in [5.41, 5.74) is 0.782. The van der Waals surface area contributed by atoms with Crippen LogP contribution >= 0.6 is 0 Å². The lowest BCUT2D eigenvalue weighted by Crippen LogP contribution is -2.37. The molecular formula is C20H29F2NO7. The lowest BCUT2D eigenvalue weighted by atomic mass is 10.1. The number of methoxy groups -OCH3 is 1. The van der Waals surface area contributed by atoms with Gasteiger partial charge >= 0.3 is 12.1 Å². The van der Waals surface area contributed by atoms with Crippen molar-refractivity contribution in [3.05, 3.63) is 29.8 Å². The number of hydrogen-bond acceptors (Lipinski definition) is 6. The number of carboxylic acid groups (broad SMARTS) is 1. The summed E-state index contributed by atoms with van der Waals surface area (Å²) in [4.78, 5) is 24.2. The number of benzene rings is 1. The Morgan fingerprint density at radius 1 is 1.17 bits per heavy atom. The van der Waals surface area contributed by atoms with E-state index in [9.17, 15) is 18.4 Å². The van der Waals surface area contributed by atoms with E-state index in [0.717, 1.165) is 12.5 Å². The summed E-state index contributed by atoms with van der Waals surface area (Å²) in [6.45, 7) is 2.41.